The zero-order valence-corrected chi connectivity index (χ0v) is 17.5. The number of piperidine rings is 1. The van der Waals surface area contributed by atoms with Gasteiger partial charge >= 0.3 is 0 Å². The zero-order valence-electron chi connectivity index (χ0n) is 17.5. The van der Waals surface area contributed by atoms with E-state index >= 15 is 0 Å². The van der Waals surface area contributed by atoms with Crippen molar-refractivity contribution in [1.29, 1.82) is 0 Å². The summed E-state index contributed by atoms with van der Waals surface area (Å²) in [4.78, 5) is 2.28. The standard InChI is InChI=1S/C22H28FN5O/c1-15-7-8-19(13-21(15)23)27-11-5-6-18(14-27)22(29-4)10-9-20(12-16(22)2)28-17(3)24-25-26-28/h7-10,12-13,16,18H,5-6,11,14H2,1-4H3/t16-,18?,22+/m1/s1. The van der Waals surface area contributed by atoms with Crippen molar-refractivity contribution in [2.24, 2.45) is 11.8 Å². The minimum atomic E-state index is -0.409. The summed E-state index contributed by atoms with van der Waals surface area (Å²) in [6.45, 7) is 7.62. The third-order valence-electron chi connectivity index (χ3n) is 6.45. The molecular weight excluding hydrogens is 369 g/mol. The first kappa shape index (κ1) is 19.8. The fourth-order valence-electron chi connectivity index (χ4n) is 4.71. The van der Waals surface area contributed by atoms with Crippen molar-refractivity contribution in [3.8, 4) is 0 Å². The first-order valence-electron chi connectivity index (χ1n) is 10.2. The van der Waals surface area contributed by atoms with Crippen LogP contribution in [-0.4, -0.2) is 46.0 Å². The maximum atomic E-state index is 14.1. The lowest BCUT2D eigenvalue weighted by Gasteiger charge is -2.47. The second-order valence-corrected chi connectivity index (χ2v) is 8.13. The van der Waals surface area contributed by atoms with E-state index in [9.17, 15) is 4.39 Å². The number of anilines is 1. The molecule has 1 aliphatic carbocycles. The van der Waals surface area contributed by atoms with Crippen molar-refractivity contribution in [3.05, 3.63) is 53.6 Å². The van der Waals surface area contributed by atoms with Crippen molar-refractivity contribution in [3.63, 3.8) is 0 Å². The number of hydrogen-bond acceptors (Lipinski definition) is 5. The minimum absolute atomic E-state index is 0.149. The van der Waals surface area contributed by atoms with Crippen LogP contribution in [0.25, 0.3) is 5.70 Å². The number of rotatable bonds is 4. The lowest BCUT2D eigenvalue weighted by atomic mass is 9.71. The molecule has 29 heavy (non-hydrogen) atoms. The third kappa shape index (κ3) is 3.48. The van der Waals surface area contributed by atoms with Crippen molar-refractivity contribution in [1.82, 2.24) is 20.2 Å². The van der Waals surface area contributed by atoms with Gasteiger partial charge in [-0.15, -0.1) is 5.10 Å². The third-order valence-corrected chi connectivity index (χ3v) is 6.45. The molecule has 0 radical (unpaired) electrons. The fourth-order valence-corrected chi connectivity index (χ4v) is 4.71. The molecule has 2 aromatic rings. The van der Waals surface area contributed by atoms with E-state index in [2.05, 4.69) is 45.6 Å². The molecule has 154 valence electrons. The molecule has 6 nitrogen and oxygen atoms in total. The van der Waals surface area contributed by atoms with Gasteiger partial charge in [-0.3, -0.25) is 0 Å². The molecule has 3 atom stereocenters. The SMILES string of the molecule is CO[C@@]1(C2CCCN(c3ccc(C)c(F)c3)C2)C=CC(n2nnnc2C)=C[C@H]1C. The van der Waals surface area contributed by atoms with Crippen LogP contribution in [0.1, 0.15) is 31.2 Å². The molecule has 0 N–H and O–H groups in total. The van der Waals surface area contributed by atoms with Gasteiger partial charge < -0.3 is 9.64 Å². The van der Waals surface area contributed by atoms with Gasteiger partial charge in [0.25, 0.3) is 0 Å². The molecule has 0 amide bonds. The Hall–Kier alpha value is -2.54. The molecule has 2 aliphatic rings. The van der Waals surface area contributed by atoms with E-state index < -0.39 is 5.60 Å². The largest absolute Gasteiger partial charge is 0.373 e. The summed E-state index contributed by atoms with van der Waals surface area (Å²) in [5, 5.41) is 11.8. The summed E-state index contributed by atoms with van der Waals surface area (Å²) in [7, 11) is 1.78. The Bertz CT molecular complexity index is 952. The van der Waals surface area contributed by atoms with Crippen LogP contribution in [0.5, 0.6) is 0 Å². The Morgan fingerprint density at radius 1 is 1.28 bits per heavy atom. The van der Waals surface area contributed by atoms with Gasteiger partial charge in [-0.05, 0) is 67.0 Å². The lowest BCUT2D eigenvalue weighted by Crippen LogP contribution is -2.52. The number of halogens is 1. The number of methoxy groups -OCH3 is 1. The van der Waals surface area contributed by atoms with Crippen LogP contribution in [0, 0.1) is 31.5 Å². The van der Waals surface area contributed by atoms with Crippen LogP contribution >= 0.6 is 0 Å². The number of hydrogen-bond donors (Lipinski definition) is 0. The van der Waals surface area contributed by atoms with Crippen LogP contribution in [-0.2, 0) is 4.74 Å². The van der Waals surface area contributed by atoms with Crippen LogP contribution in [0.15, 0.2) is 36.4 Å². The molecule has 0 spiro atoms. The van der Waals surface area contributed by atoms with Crippen molar-refractivity contribution < 1.29 is 9.13 Å². The van der Waals surface area contributed by atoms with Crippen LogP contribution in [0.2, 0.25) is 0 Å². The van der Waals surface area contributed by atoms with Crippen molar-refractivity contribution in [2.75, 3.05) is 25.1 Å². The highest BCUT2D eigenvalue weighted by molar-refractivity contribution is 5.60. The summed E-state index contributed by atoms with van der Waals surface area (Å²) in [6.07, 6.45) is 8.52. The Morgan fingerprint density at radius 3 is 2.76 bits per heavy atom. The second kappa shape index (κ2) is 7.71. The molecule has 0 bridgehead atoms. The molecule has 4 rings (SSSR count). The number of ether oxygens (including phenoxy) is 1. The van der Waals surface area contributed by atoms with Gasteiger partial charge in [0.05, 0.1) is 11.3 Å². The fraction of sp³-hybridized carbons (Fsp3) is 0.500. The number of nitrogens with zero attached hydrogens (tertiary/aromatic N) is 5. The van der Waals surface area contributed by atoms with E-state index in [0.29, 0.717) is 11.5 Å². The number of benzene rings is 1. The van der Waals surface area contributed by atoms with E-state index in [0.717, 1.165) is 43.1 Å². The van der Waals surface area contributed by atoms with Crippen LogP contribution in [0.3, 0.4) is 0 Å². The highest BCUT2D eigenvalue weighted by Gasteiger charge is 2.44. The Balaban J connectivity index is 1.59. The van der Waals surface area contributed by atoms with E-state index in [1.54, 1.807) is 24.8 Å². The van der Waals surface area contributed by atoms with Gasteiger partial charge in [0.2, 0.25) is 0 Å². The highest BCUT2D eigenvalue weighted by Crippen LogP contribution is 2.42. The molecule has 1 saturated heterocycles. The molecule has 7 heteroatoms. The molecule has 1 fully saturated rings. The Kier molecular flexibility index (Phi) is 5.25. The van der Waals surface area contributed by atoms with Crippen LogP contribution < -0.4 is 4.90 Å². The maximum Gasteiger partial charge on any atom is 0.153 e. The first-order valence-corrected chi connectivity index (χ1v) is 10.2. The molecule has 1 aromatic carbocycles. The lowest BCUT2D eigenvalue weighted by molar-refractivity contribution is -0.0498. The average Bonchev–Trinajstić information content (AvgIpc) is 3.16. The van der Waals surface area contributed by atoms with E-state index in [1.165, 1.54) is 0 Å². The Morgan fingerprint density at radius 2 is 2.10 bits per heavy atom. The summed E-state index contributed by atoms with van der Waals surface area (Å²) < 4.78 is 22.0. The smallest absolute Gasteiger partial charge is 0.153 e. The Labute approximate surface area is 171 Å². The van der Waals surface area contributed by atoms with Crippen molar-refractivity contribution in [2.45, 2.75) is 39.2 Å². The number of aromatic nitrogens is 4. The van der Waals surface area contributed by atoms with Gasteiger partial charge in [0, 0.05) is 37.7 Å². The summed E-state index contributed by atoms with van der Waals surface area (Å²) in [6, 6.07) is 5.52. The number of allylic oxidation sites excluding steroid dienone is 2. The predicted molar refractivity (Wildman–Crippen MR) is 111 cm³/mol. The molecule has 1 aromatic heterocycles. The van der Waals surface area contributed by atoms with Gasteiger partial charge in [-0.1, -0.05) is 19.1 Å². The zero-order chi connectivity index (χ0) is 20.6. The summed E-state index contributed by atoms with van der Waals surface area (Å²) >= 11 is 0. The average molecular weight is 397 g/mol. The summed E-state index contributed by atoms with van der Waals surface area (Å²) in [5.74, 6) is 1.05. The van der Waals surface area contributed by atoms with Crippen molar-refractivity contribution >= 4 is 11.4 Å². The van der Waals surface area contributed by atoms with Gasteiger partial charge in [-0.25, -0.2) is 4.39 Å². The molecule has 2 heterocycles. The molecular formula is C22H28FN5O. The second-order valence-electron chi connectivity index (χ2n) is 8.13. The van der Waals surface area contributed by atoms with Crippen LogP contribution in [0.4, 0.5) is 10.1 Å². The predicted octanol–water partition coefficient (Wildman–Crippen LogP) is 3.78. The topological polar surface area (TPSA) is 56.1 Å². The number of aryl methyl sites for hydroxylation is 2. The molecule has 1 unspecified atom stereocenters. The van der Waals surface area contributed by atoms with E-state index in [-0.39, 0.29) is 11.7 Å². The van der Waals surface area contributed by atoms with Gasteiger partial charge in [0.15, 0.2) is 5.82 Å². The maximum absolute atomic E-state index is 14.1. The first-order chi connectivity index (χ1) is 13.9. The minimum Gasteiger partial charge on any atom is -0.373 e. The highest BCUT2D eigenvalue weighted by atomic mass is 19.1. The van der Waals surface area contributed by atoms with Gasteiger partial charge in [0.1, 0.15) is 5.82 Å². The molecule has 0 saturated carbocycles. The van der Waals surface area contributed by atoms with E-state index in [4.69, 9.17) is 4.74 Å². The normalized spacial score (nSPS) is 27.2. The summed E-state index contributed by atoms with van der Waals surface area (Å²) in [5.41, 5.74) is 2.17. The van der Waals surface area contributed by atoms with Gasteiger partial charge in [-0.2, -0.15) is 4.68 Å². The monoisotopic (exact) mass is 397 g/mol. The van der Waals surface area contributed by atoms with E-state index in [1.807, 2.05) is 19.1 Å². The quantitative estimate of drug-likeness (QED) is 0.786. The number of tetrazole rings is 1. The molecule has 1 aliphatic heterocycles.